The van der Waals surface area contributed by atoms with Crippen molar-refractivity contribution in [2.75, 3.05) is 30.3 Å². The highest BCUT2D eigenvalue weighted by molar-refractivity contribution is 5.85. The fourth-order valence-electron chi connectivity index (χ4n) is 3.38. The molecular formula is C18H24N8. The number of hydrogen-bond donors (Lipinski definition) is 3. The summed E-state index contributed by atoms with van der Waals surface area (Å²) < 4.78 is 0. The van der Waals surface area contributed by atoms with Crippen LogP contribution in [0.25, 0.3) is 22.3 Å². The van der Waals surface area contributed by atoms with Gasteiger partial charge in [0.05, 0.1) is 5.52 Å². The Kier molecular flexibility index (Phi) is 4.20. The lowest BCUT2D eigenvalue weighted by atomic mass is 10.0. The topological polar surface area (TPSA) is 109 Å². The molecule has 0 bridgehead atoms. The van der Waals surface area contributed by atoms with Crippen LogP contribution in [0.1, 0.15) is 19.5 Å². The maximum Gasteiger partial charge on any atom is 0.189 e. The Morgan fingerprint density at radius 3 is 2.92 bits per heavy atom. The van der Waals surface area contributed by atoms with E-state index >= 15 is 0 Å². The highest BCUT2D eigenvalue weighted by Gasteiger charge is 2.25. The van der Waals surface area contributed by atoms with Crippen LogP contribution >= 0.6 is 0 Å². The van der Waals surface area contributed by atoms with Gasteiger partial charge < -0.3 is 16.0 Å². The molecule has 2 aromatic heterocycles. The number of nitrogens with one attached hydrogen (secondary N) is 2. The molecule has 4 N–H and O–H groups in total. The fraction of sp³-hybridized carbons (Fsp3) is 0.444. The van der Waals surface area contributed by atoms with Crippen LogP contribution in [0.15, 0.2) is 18.2 Å². The second kappa shape index (κ2) is 6.53. The molecule has 0 spiro atoms. The van der Waals surface area contributed by atoms with Gasteiger partial charge in [-0.15, -0.1) is 10.2 Å². The normalized spacial score (nSPS) is 18.0. The van der Waals surface area contributed by atoms with Crippen LogP contribution in [0.5, 0.6) is 0 Å². The van der Waals surface area contributed by atoms with E-state index in [4.69, 9.17) is 10.7 Å². The molecule has 26 heavy (non-hydrogen) atoms. The molecule has 3 aromatic rings. The third-order valence-electron chi connectivity index (χ3n) is 5.01. The zero-order valence-corrected chi connectivity index (χ0v) is 15.3. The van der Waals surface area contributed by atoms with E-state index < -0.39 is 0 Å². The Labute approximate surface area is 152 Å². The van der Waals surface area contributed by atoms with Gasteiger partial charge in [-0.1, -0.05) is 13.8 Å². The molecule has 0 aliphatic carbocycles. The predicted octanol–water partition coefficient (Wildman–Crippen LogP) is 1.74. The molecular weight excluding hydrogens is 328 g/mol. The molecule has 4 rings (SSSR count). The van der Waals surface area contributed by atoms with E-state index in [0.29, 0.717) is 29.4 Å². The van der Waals surface area contributed by atoms with Crippen LogP contribution < -0.4 is 16.0 Å². The number of H-pyrrole nitrogens is 1. The molecule has 1 saturated heterocycles. The van der Waals surface area contributed by atoms with Gasteiger partial charge in [0.2, 0.25) is 0 Å². The predicted molar refractivity (Wildman–Crippen MR) is 103 cm³/mol. The van der Waals surface area contributed by atoms with Crippen LogP contribution in [0.4, 0.5) is 11.6 Å². The minimum Gasteiger partial charge on any atom is -0.379 e. The summed E-state index contributed by atoms with van der Waals surface area (Å²) in [6, 6.07) is 6.38. The van der Waals surface area contributed by atoms with Crippen LogP contribution in [0, 0.1) is 12.8 Å². The average Bonchev–Trinajstić information content (AvgIpc) is 3.03. The summed E-state index contributed by atoms with van der Waals surface area (Å²) in [4.78, 5) is 6.95. The summed E-state index contributed by atoms with van der Waals surface area (Å²) in [5.41, 5.74) is 8.96. The van der Waals surface area contributed by atoms with E-state index in [0.717, 1.165) is 41.8 Å². The van der Waals surface area contributed by atoms with Crippen molar-refractivity contribution in [3.63, 3.8) is 0 Å². The third kappa shape index (κ3) is 2.96. The number of nitrogen functional groups attached to an aromatic ring is 1. The summed E-state index contributed by atoms with van der Waals surface area (Å²) in [5.74, 6) is 2.21. The first-order chi connectivity index (χ1) is 12.5. The summed E-state index contributed by atoms with van der Waals surface area (Å²) >= 11 is 0. The molecule has 3 heterocycles. The van der Waals surface area contributed by atoms with Gasteiger partial charge in [0.1, 0.15) is 0 Å². The molecule has 1 fully saturated rings. The van der Waals surface area contributed by atoms with Crippen molar-refractivity contribution in [3.8, 4) is 11.4 Å². The summed E-state index contributed by atoms with van der Waals surface area (Å²) in [6.07, 6.45) is 0. The molecule has 0 radical (unpaired) electrons. The Bertz CT molecular complexity index is 932. The van der Waals surface area contributed by atoms with E-state index in [1.165, 1.54) is 0 Å². The van der Waals surface area contributed by atoms with Gasteiger partial charge in [-0.3, -0.25) is 5.10 Å². The quantitative estimate of drug-likeness (QED) is 0.659. The van der Waals surface area contributed by atoms with Gasteiger partial charge in [0, 0.05) is 42.3 Å². The van der Waals surface area contributed by atoms with Gasteiger partial charge in [0.25, 0.3) is 0 Å². The van der Waals surface area contributed by atoms with Crippen molar-refractivity contribution in [1.29, 1.82) is 0 Å². The SMILES string of the molecule is Cc1[nH]nc2ccc(-c3nnc(N)c(N4CCN[C@@H](C(C)C)C4)n3)cc12. The monoisotopic (exact) mass is 352 g/mol. The standard InChI is InChI=1S/C18H24N8/c1-10(2)15-9-26(7-6-20-15)18-16(19)24-25-17(21-18)12-4-5-14-13(8-12)11(3)22-23-14/h4-5,8,10,15,20H,6-7,9H2,1-3H3,(H2,19,24)(H,22,23)/t15-/m1/s1. The molecule has 136 valence electrons. The number of hydrogen-bond acceptors (Lipinski definition) is 7. The zero-order valence-electron chi connectivity index (χ0n) is 15.3. The number of fused-ring (bicyclic) bond motifs is 1. The van der Waals surface area contributed by atoms with E-state index in [1.807, 2.05) is 25.1 Å². The van der Waals surface area contributed by atoms with Crippen LogP contribution in [-0.2, 0) is 0 Å². The number of benzene rings is 1. The van der Waals surface area contributed by atoms with Crippen LogP contribution in [-0.4, -0.2) is 51.1 Å². The Balaban J connectivity index is 1.70. The third-order valence-corrected chi connectivity index (χ3v) is 5.01. The van der Waals surface area contributed by atoms with Gasteiger partial charge in [-0.25, -0.2) is 4.98 Å². The van der Waals surface area contributed by atoms with Crippen molar-refractivity contribution in [1.82, 2.24) is 30.7 Å². The van der Waals surface area contributed by atoms with Crippen LogP contribution in [0.2, 0.25) is 0 Å². The van der Waals surface area contributed by atoms with Crippen molar-refractivity contribution in [3.05, 3.63) is 23.9 Å². The Hall–Kier alpha value is -2.74. The first-order valence-electron chi connectivity index (χ1n) is 8.96. The van der Waals surface area contributed by atoms with Crippen LogP contribution in [0.3, 0.4) is 0 Å². The number of aromatic amines is 1. The summed E-state index contributed by atoms with van der Waals surface area (Å²) in [7, 11) is 0. The number of rotatable bonds is 3. The lowest BCUT2D eigenvalue weighted by molar-refractivity contribution is 0.367. The number of nitrogens with zero attached hydrogens (tertiary/aromatic N) is 5. The highest BCUT2D eigenvalue weighted by atomic mass is 15.3. The number of piperazine rings is 1. The minimum absolute atomic E-state index is 0.374. The van der Waals surface area contributed by atoms with Gasteiger partial charge in [0.15, 0.2) is 17.5 Å². The van der Waals surface area contributed by atoms with Gasteiger partial charge in [-0.2, -0.15) is 5.10 Å². The second-order valence-corrected chi connectivity index (χ2v) is 7.18. The van der Waals surface area contributed by atoms with Crippen molar-refractivity contribution < 1.29 is 0 Å². The lowest BCUT2D eigenvalue weighted by Crippen LogP contribution is -2.53. The maximum absolute atomic E-state index is 6.10. The number of nitrogens with two attached hydrogens (primary N) is 1. The summed E-state index contributed by atoms with van der Waals surface area (Å²) in [5, 5.41) is 20.3. The minimum atomic E-state index is 0.374. The van der Waals surface area contributed by atoms with E-state index in [1.54, 1.807) is 0 Å². The molecule has 1 aliphatic rings. The molecule has 8 heteroatoms. The Morgan fingerprint density at radius 1 is 1.27 bits per heavy atom. The highest BCUT2D eigenvalue weighted by Crippen LogP contribution is 2.26. The molecule has 0 unspecified atom stereocenters. The van der Waals surface area contributed by atoms with E-state index in [2.05, 4.69) is 44.5 Å². The molecule has 0 saturated carbocycles. The smallest absolute Gasteiger partial charge is 0.189 e. The van der Waals surface area contributed by atoms with Crippen molar-refractivity contribution in [2.45, 2.75) is 26.8 Å². The van der Waals surface area contributed by atoms with Gasteiger partial charge in [-0.05, 0) is 31.0 Å². The number of aryl methyl sites for hydroxylation is 1. The van der Waals surface area contributed by atoms with Crippen molar-refractivity contribution >= 4 is 22.5 Å². The van der Waals surface area contributed by atoms with E-state index in [-0.39, 0.29) is 0 Å². The molecule has 1 atom stereocenters. The zero-order chi connectivity index (χ0) is 18.3. The van der Waals surface area contributed by atoms with Gasteiger partial charge >= 0.3 is 0 Å². The van der Waals surface area contributed by atoms with E-state index in [9.17, 15) is 0 Å². The molecule has 8 nitrogen and oxygen atoms in total. The molecule has 0 amide bonds. The average molecular weight is 352 g/mol. The fourth-order valence-corrected chi connectivity index (χ4v) is 3.38. The summed E-state index contributed by atoms with van der Waals surface area (Å²) in [6.45, 7) is 9.06. The first-order valence-corrected chi connectivity index (χ1v) is 8.96. The second-order valence-electron chi connectivity index (χ2n) is 7.18. The maximum atomic E-state index is 6.10. The number of anilines is 2. The largest absolute Gasteiger partial charge is 0.379 e. The van der Waals surface area contributed by atoms with Crippen molar-refractivity contribution in [2.24, 2.45) is 5.92 Å². The first kappa shape index (κ1) is 16.7. The number of aromatic nitrogens is 5. The lowest BCUT2D eigenvalue weighted by Gasteiger charge is -2.36. The molecule has 1 aromatic carbocycles. The molecule has 1 aliphatic heterocycles. The Morgan fingerprint density at radius 2 is 2.12 bits per heavy atom.